The Morgan fingerprint density at radius 3 is 2.58 bits per heavy atom. The summed E-state index contributed by atoms with van der Waals surface area (Å²) in [5, 5.41) is 8.68. The van der Waals surface area contributed by atoms with E-state index in [9.17, 15) is 4.79 Å². The largest absolute Gasteiger partial charge is 0.481 e. The topological polar surface area (TPSA) is 46.5 Å². The van der Waals surface area contributed by atoms with Gasteiger partial charge in [0.2, 0.25) is 0 Å². The zero-order chi connectivity index (χ0) is 9.03. The van der Waals surface area contributed by atoms with Crippen molar-refractivity contribution in [2.24, 2.45) is 0 Å². The summed E-state index contributed by atoms with van der Waals surface area (Å²) >= 11 is 1.87. The molecule has 1 aliphatic rings. The Hall–Kier alpha value is -0.220. The van der Waals surface area contributed by atoms with E-state index in [1.165, 1.54) is 0 Å². The molecule has 3 nitrogen and oxygen atoms in total. The van der Waals surface area contributed by atoms with Gasteiger partial charge in [-0.1, -0.05) is 0 Å². The lowest BCUT2D eigenvalue weighted by atomic mass is 9.92. The van der Waals surface area contributed by atoms with E-state index in [-0.39, 0.29) is 12.0 Å². The summed E-state index contributed by atoms with van der Waals surface area (Å²) in [6.07, 6.45) is 1.87. The summed E-state index contributed by atoms with van der Waals surface area (Å²) in [6, 6.07) is 0. The van der Waals surface area contributed by atoms with Crippen molar-refractivity contribution in [3.05, 3.63) is 0 Å². The van der Waals surface area contributed by atoms with Crippen LogP contribution in [0.5, 0.6) is 0 Å². The number of carbonyl (C=O) groups is 1. The normalized spacial score (nSPS) is 22.1. The molecule has 1 aliphatic heterocycles. The van der Waals surface area contributed by atoms with Gasteiger partial charge in [0.25, 0.3) is 0 Å². The van der Waals surface area contributed by atoms with E-state index in [2.05, 4.69) is 0 Å². The summed E-state index contributed by atoms with van der Waals surface area (Å²) in [5.41, 5.74) is -0.378. The van der Waals surface area contributed by atoms with Gasteiger partial charge >= 0.3 is 5.97 Å². The zero-order valence-corrected chi connectivity index (χ0v) is 8.02. The first-order chi connectivity index (χ1) is 5.68. The van der Waals surface area contributed by atoms with Crippen molar-refractivity contribution in [1.82, 2.24) is 0 Å². The second-order valence-corrected chi connectivity index (χ2v) is 4.29. The minimum Gasteiger partial charge on any atom is -0.481 e. The van der Waals surface area contributed by atoms with Gasteiger partial charge < -0.3 is 9.84 Å². The highest BCUT2D eigenvalue weighted by molar-refractivity contribution is 7.99. The maximum atomic E-state index is 10.5. The van der Waals surface area contributed by atoms with Crippen LogP contribution < -0.4 is 0 Å². The van der Waals surface area contributed by atoms with Gasteiger partial charge in [0, 0.05) is 7.11 Å². The zero-order valence-electron chi connectivity index (χ0n) is 7.21. The van der Waals surface area contributed by atoms with Crippen molar-refractivity contribution >= 4 is 17.7 Å². The molecule has 1 heterocycles. The van der Waals surface area contributed by atoms with E-state index < -0.39 is 5.97 Å². The summed E-state index contributed by atoms with van der Waals surface area (Å²) in [4.78, 5) is 10.5. The van der Waals surface area contributed by atoms with E-state index in [1.54, 1.807) is 7.11 Å². The Morgan fingerprint density at radius 1 is 1.58 bits per heavy atom. The van der Waals surface area contributed by atoms with Gasteiger partial charge in [-0.05, 0) is 24.3 Å². The van der Waals surface area contributed by atoms with Crippen LogP contribution in [0.3, 0.4) is 0 Å². The monoisotopic (exact) mass is 190 g/mol. The molecule has 0 saturated carbocycles. The number of hydrogen-bond donors (Lipinski definition) is 1. The smallest absolute Gasteiger partial charge is 0.306 e. The third-order valence-corrected chi connectivity index (χ3v) is 3.30. The van der Waals surface area contributed by atoms with Crippen LogP contribution in [0.1, 0.15) is 19.3 Å². The van der Waals surface area contributed by atoms with Gasteiger partial charge in [-0.15, -0.1) is 0 Å². The summed E-state index contributed by atoms with van der Waals surface area (Å²) in [7, 11) is 1.61. The van der Waals surface area contributed by atoms with E-state index in [4.69, 9.17) is 9.84 Å². The molecule has 70 valence electrons. The lowest BCUT2D eigenvalue weighted by Crippen LogP contribution is -2.38. The average molecular weight is 190 g/mol. The van der Waals surface area contributed by atoms with Gasteiger partial charge in [-0.3, -0.25) is 4.79 Å². The van der Waals surface area contributed by atoms with Gasteiger partial charge in [-0.2, -0.15) is 11.8 Å². The van der Waals surface area contributed by atoms with Gasteiger partial charge in [0.15, 0.2) is 0 Å². The minimum atomic E-state index is -0.760. The number of thioether (sulfide) groups is 1. The Labute approximate surface area is 76.5 Å². The first kappa shape index (κ1) is 9.86. The van der Waals surface area contributed by atoms with Crippen LogP contribution >= 0.6 is 11.8 Å². The molecule has 1 saturated heterocycles. The molecule has 0 radical (unpaired) electrons. The van der Waals surface area contributed by atoms with Gasteiger partial charge in [0.05, 0.1) is 12.0 Å². The van der Waals surface area contributed by atoms with Crippen molar-refractivity contribution < 1.29 is 14.6 Å². The molecular weight excluding hydrogens is 176 g/mol. The third-order valence-electron chi connectivity index (χ3n) is 2.31. The fraction of sp³-hybridized carbons (Fsp3) is 0.875. The van der Waals surface area contributed by atoms with E-state index in [1.807, 2.05) is 11.8 Å². The average Bonchev–Trinajstić information content (AvgIpc) is 2.05. The van der Waals surface area contributed by atoms with Crippen LogP contribution in [0.2, 0.25) is 0 Å². The Bertz CT molecular complexity index is 164. The van der Waals surface area contributed by atoms with Crippen LogP contribution in [-0.2, 0) is 9.53 Å². The molecule has 1 rings (SSSR count). The maximum absolute atomic E-state index is 10.5. The predicted molar refractivity (Wildman–Crippen MR) is 48.6 cm³/mol. The molecule has 1 fully saturated rings. The van der Waals surface area contributed by atoms with Gasteiger partial charge in [0.1, 0.15) is 0 Å². The summed E-state index contributed by atoms with van der Waals surface area (Å²) in [6.45, 7) is 0. The first-order valence-electron chi connectivity index (χ1n) is 4.03. The number of ether oxygens (including phenoxy) is 1. The predicted octanol–water partition coefficient (Wildman–Crippen LogP) is 1.37. The molecule has 0 aromatic heterocycles. The highest BCUT2D eigenvalue weighted by Gasteiger charge is 2.34. The number of carboxylic acids is 1. The number of aliphatic carboxylic acids is 1. The molecule has 0 amide bonds. The van der Waals surface area contributed by atoms with Crippen molar-refractivity contribution in [1.29, 1.82) is 0 Å². The molecule has 0 bridgehead atoms. The molecule has 0 spiro atoms. The second kappa shape index (κ2) is 4.14. The van der Waals surface area contributed by atoms with Crippen molar-refractivity contribution in [3.8, 4) is 0 Å². The fourth-order valence-corrected chi connectivity index (χ4v) is 2.71. The summed E-state index contributed by atoms with van der Waals surface area (Å²) < 4.78 is 5.30. The van der Waals surface area contributed by atoms with Crippen LogP contribution in [0.4, 0.5) is 0 Å². The standard InChI is InChI=1S/C8H14O3S/c1-11-8(6-7(9)10)2-4-12-5-3-8/h2-6H2,1H3,(H,9,10). The van der Waals surface area contributed by atoms with Crippen LogP contribution in [0, 0.1) is 0 Å². The molecule has 0 unspecified atom stereocenters. The molecule has 0 aliphatic carbocycles. The number of hydrogen-bond acceptors (Lipinski definition) is 3. The molecule has 0 aromatic rings. The minimum absolute atomic E-state index is 0.143. The maximum Gasteiger partial charge on any atom is 0.306 e. The van der Waals surface area contributed by atoms with Crippen molar-refractivity contribution in [2.75, 3.05) is 18.6 Å². The second-order valence-electron chi connectivity index (χ2n) is 3.07. The first-order valence-corrected chi connectivity index (χ1v) is 5.19. The van der Waals surface area contributed by atoms with E-state index >= 15 is 0 Å². The van der Waals surface area contributed by atoms with Crippen molar-refractivity contribution in [3.63, 3.8) is 0 Å². The number of rotatable bonds is 3. The molecular formula is C8H14O3S. The van der Waals surface area contributed by atoms with Crippen LogP contribution in [0.15, 0.2) is 0 Å². The Balaban J connectivity index is 2.53. The third kappa shape index (κ3) is 2.38. The van der Waals surface area contributed by atoms with Crippen LogP contribution in [-0.4, -0.2) is 35.3 Å². The molecule has 12 heavy (non-hydrogen) atoms. The number of carboxylic acid groups (broad SMARTS) is 1. The molecule has 0 atom stereocenters. The molecule has 4 heteroatoms. The lowest BCUT2D eigenvalue weighted by Gasteiger charge is -2.34. The number of methoxy groups -OCH3 is 1. The molecule has 1 N–H and O–H groups in total. The Kier molecular flexibility index (Phi) is 3.40. The lowest BCUT2D eigenvalue weighted by molar-refractivity contribution is -0.144. The van der Waals surface area contributed by atoms with Crippen LogP contribution in [0.25, 0.3) is 0 Å². The van der Waals surface area contributed by atoms with Gasteiger partial charge in [-0.25, -0.2) is 0 Å². The quantitative estimate of drug-likeness (QED) is 0.730. The summed E-state index contributed by atoms with van der Waals surface area (Å²) in [5.74, 6) is 1.27. The van der Waals surface area contributed by atoms with E-state index in [0.717, 1.165) is 24.3 Å². The highest BCUT2D eigenvalue weighted by Crippen LogP contribution is 2.32. The fourth-order valence-electron chi connectivity index (χ4n) is 1.47. The van der Waals surface area contributed by atoms with E-state index in [0.29, 0.717) is 0 Å². The Morgan fingerprint density at radius 2 is 2.17 bits per heavy atom. The highest BCUT2D eigenvalue weighted by atomic mass is 32.2. The SMILES string of the molecule is COC1(CC(=O)O)CCSCC1. The van der Waals surface area contributed by atoms with Crippen molar-refractivity contribution in [2.45, 2.75) is 24.9 Å². The molecule has 0 aromatic carbocycles.